The molecule has 0 amide bonds. The Morgan fingerprint density at radius 1 is 1.50 bits per heavy atom. The average Bonchev–Trinajstić information content (AvgIpc) is 2.93. The Bertz CT molecular complexity index is 613. The fraction of sp³-hybridized carbons (Fsp3) is 0.500. The van der Waals surface area contributed by atoms with Crippen molar-refractivity contribution in [2.45, 2.75) is 25.7 Å². The summed E-state index contributed by atoms with van der Waals surface area (Å²) >= 11 is 1.67. The number of nitrogens with zero attached hydrogens (tertiary/aromatic N) is 3. The van der Waals surface area contributed by atoms with Gasteiger partial charge in [-0.15, -0.1) is 11.3 Å². The van der Waals surface area contributed by atoms with Gasteiger partial charge in [0.05, 0.1) is 10.2 Å². The molecule has 1 saturated heterocycles. The molecule has 2 aromatic heterocycles. The number of aliphatic carboxylic acids is 1. The van der Waals surface area contributed by atoms with Crippen molar-refractivity contribution in [2.75, 3.05) is 18.0 Å². The zero-order chi connectivity index (χ0) is 13.9. The topological polar surface area (TPSA) is 66.3 Å². The Labute approximate surface area is 121 Å². The van der Waals surface area contributed by atoms with E-state index in [1.165, 1.54) is 0 Å². The van der Waals surface area contributed by atoms with Crippen LogP contribution in [0.5, 0.6) is 0 Å². The molecule has 1 aliphatic heterocycles. The van der Waals surface area contributed by atoms with Crippen LogP contribution in [-0.2, 0) is 4.79 Å². The minimum absolute atomic E-state index is 0.261. The van der Waals surface area contributed by atoms with Crippen molar-refractivity contribution in [1.82, 2.24) is 9.97 Å². The van der Waals surface area contributed by atoms with E-state index in [4.69, 9.17) is 5.11 Å². The van der Waals surface area contributed by atoms with Crippen LogP contribution in [-0.4, -0.2) is 34.1 Å². The number of piperidine rings is 1. The van der Waals surface area contributed by atoms with E-state index in [1.54, 1.807) is 17.7 Å². The van der Waals surface area contributed by atoms with E-state index in [0.717, 1.165) is 48.4 Å². The van der Waals surface area contributed by atoms with Crippen molar-refractivity contribution in [1.29, 1.82) is 0 Å². The van der Waals surface area contributed by atoms with E-state index in [1.807, 2.05) is 11.4 Å². The third-order valence-corrected chi connectivity index (χ3v) is 4.71. The lowest BCUT2D eigenvalue weighted by Gasteiger charge is -2.33. The molecule has 20 heavy (non-hydrogen) atoms. The maximum atomic E-state index is 10.7. The number of rotatable bonds is 4. The number of thiophene rings is 1. The number of fused-ring (bicyclic) bond motifs is 1. The SMILES string of the molecule is O=C(O)CCC1CCCN(c2ncnc3ccsc23)C1. The second-order valence-electron chi connectivity index (χ2n) is 5.22. The fourth-order valence-corrected chi connectivity index (χ4v) is 3.68. The molecule has 0 bridgehead atoms. The van der Waals surface area contributed by atoms with Crippen molar-refractivity contribution in [3.8, 4) is 0 Å². The van der Waals surface area contributed by atoms with Crippen molar-refractivity contribution in [2.24, 2.45) is 5.92 Å². The summed E-state index contributed by atoms with van der Waals surface area (Å²) in [5.41, 5.74) is 0.993. The first-order valence-corrected chi connectivity index (χ1v) is 7.77. The highest BCUT2D eigenvalue weighted by molar-refractivity contribution is 7.17. The highest BCUT2D eigenvalue weighted by Crippen LogP contribution is 2.31. The highest BCUT2D eigenvalue weighted by atomic mass is 32.1. The maximum absolute atomic E-state index is 10.7. The lowest BCUT2D eigenvalue weighted by Crippen LogP contribution is -2.36. The van der Waals surface area contributed by atoms with Crippen molar-refractivity contribution < 1.29 is 9.90 Å². The molecule has 1 aliphatic rings. The van der Waals surface area contributed by atoms with E-state index in [-0.39, 0.29) is 6.42 Å². The quantitative estimate of drug-likeness (QED) is 0.938. The first-order chi connectivity index (χ1) is 9.74. The number of carboxylic acids is 1. The third kappa shape index (κ3) is 2.75. The molecule has 0 aliphatic carbocycles. The van der Waals surface area contributed by atoms with Gasteiger partial charge in [-0.2, -0.15) is 0 Å². The van der Waals surface area contributed by atoms with E-state index >= 15 is 0 Å². The Hall–Kier alpha value is -1.69. The van der Waals surface area contributed by atoms with Gasteiger partial charge in [-0.25, -0.2) is 9.97 Å². The van der Waals surface area contributed by atoms with Gasteiger partial charge in [0.1, 0.15) is 12.1 Å². The zero-order valence-electron chi connectivity index (χ0n) is 11.2. The smallest absolute Gasteiger partial charge is 0.303 e. The molecule has 3 heterocycles. The lowest BCUT2D eigenvalue weighted by molar-refractivity contribution is -0.137. The van der Waals surface area contributed by atoms with Crippen LogP contribution in [0.4, 0.5) is 5.82 Å². The number of carbonyl (C=O) groups is 1. The van der Waals surface area contributed by atoms with Crippen molar-refractivity contribution >= 4 is 33.3 Å². The number of hydrogen-bond donors (Lipinski definition) is 1. The molecule has 0 radical (unpaired) electrons. The number of anilines is 1. The van der Waals surface area contributed by atoms with Gasteiger partial charge in [0.2, 0.25) is 0 Å². The predicted molar refractivity (Wildman–Crippen MR) is 79.2 cm³/mol. The maximum Gasteiger partial charge on any atom is 0.303 e. The Balaban J connectivity index is 1.76. The molecule has 1 fully saturated rings. The summed E-state index contributed by atoms with van der Waals surface area (Å²) in [6, 6.07) is 2.01. The van der Waals surface area contributed by atoms with E-state index in [2.05, 4.69) is 14.9 Å². The van der Waals surface area contributed by atoms with E-state index in [9.17, 15) is 4.79 Å². The standard InChI is InChI=1S/C14H17N3O2S/c18-12(19)4-3-10-2-1-6-17(8-10)14-13-11(5-7-20-13)15-9-16-14/h5,7,9-10H,1-4,6,8H2,(H,18,19). The van der Waals surface area contributed by atoms with Crippen molar-refractivity contribution in [3.63, 3.8) is 0 Å². The fourth-order valence-electron chi connectivity index (χ4n) is 2.82. The molecule has 6 heteroatoms. The second-order valence-corrected chi connectivity index (χ2v) is 6.14. The zero-order valence-corrected chi connectivity index (χ0v) is 12.0. The Morgan fingerprint density at radius 2 is 2.40 bits per heavy atom. The molecule has 1 N–H and O–H groups in total. The number of hydrogen-bond acceptors (Lipinski definition) is 5. The summed E-state index contributed by atoms with van der Waals surface area (Å²) in [6.07, 6.45) is 4.84. The number of aromatic nitrogens is 2. The van der Waals surface area contributed by atoms with E-state index < -0.39 is 5.97 Å². The van der Waals surface area contributed by atoms with Gasteiger partial charge in [0.15, 0.2) is 0 Å². The molecule has 1 atom stereocenters. The average molecular weight is 291 g/mol. The van der Waals surface area contributed by atoms with Crippen molar-refractivity contribution in [3.05, 3.63) is 17.8 Å². The molecular formula is C14H17N3O2S. The summed E-state index contributed by atoms with van der Waals surface area (Å²) in [4.78, 5) is 21.7. The monoisotopic (exact) mass is 291 g/mol. The van der Waals surface area contributed by atoms with Gasteiger partial charge in [0.25, 0.3) is 0 Å². The second kappa shape index (κ2) is 5.75. The van der Waals surface area contributed by atoms with Crippen LogP contribution in [0.3, 0.4) is 0 Å². The molecule has 2 aromatic rings. The van der Waals surface area contributed by atoms with Crippen LogP contribution in [0.15, 0.2) is 17.8 Å². The van der Waals surface area contributed by atoms with E-state index in [0.29, 0.717) is 5.92 Å². The molecule has 0 aromatic carbocycles. The lowest BCUT2D eigenvalue weighted by atomic mass is 9.93. The summed E-state index contributed by atoms with van der Waals surface area (Å²) in [7, 11) is 0. The van der Waals surface area contributed by atoms with Crippen LogP contribution in [0.25, 0.3) is 10.2 Å². The highest BCUT2D eigenvalue weighted by Gasteiger charge is 2.23. The molecular weight excluding hydrogens is 274 g/mol. The minimum Gasteiger partial charge on any atom is -0.481 e. The van der Waals surface area contributed by atoms with Crippen LogP contribution < -0.4 is 4.90 Å². The number of carboxylic acid groups (broad SMARTS) is 1. The minimum atomic E-state index is -0.704. The predicted octanol–water partition coefficient (Wildman–Crippen LogP) is 2.77. The largest absolute Gasteiger partial charge is 0.481 e. The van der Waals surface area contributed by atoms with Gasteiger partial charge in [0, 0.05) is 19.5 Å². The molecule has 1 unspecified atom stereocenters. The Morgan fingerprint density at radius 3 is 3.25 bits per heavy atom. The summed E-state index contributed by atoms with van der Waals surface area (Å²) in [6.45, 7) is 1.89. The van der Waals surface area contributed by atoms with Gasteiger partial charge < -0.3 is 10.0 Å². The molecule has 5 nitrogen and oxygen atoms in total. The molecule has 106 valence electrons. The van der Waals surface area contributed by atoms with Crippen LogP contribution in [0.1, 0.15) is 25.7 Å². The molecule has 0 saturated carbocycles. The first-order valence-electron chi connectivity index (χ1n) is 6.89. The molecule has 0 spiro atoms. The summed E-state index contributed by atoms with van der Waals surface area (Å²) in [5.74, 6) is 0.750. The van der Waals surface area contributed by atoms with Gasteiger partial charge in [-0.1, -0.05) is 0 Å². The first kappa shape index (κ1) is 13.3. The third-order valence-electron chi connectivity index (χ3n) is 3.81. The van der Waals surface area contributed by atoms with Gasteiger partial charge in [-0.05, 0) is 36.6 Å². The Kier molecular flexibility index (Phi) is 3.82. The molecule has 3 rings (SSSR count). The summed E-state index contributed by atoms with van der Waals surface area (Å²) in [5, 5.41) is 10.8. The van der Waals surface area contributed by atoms with Gasteiger partial charge in [-0.3, -0.25) is 4.79 Å². The summed E-state index contributed by atoms with van der Waals surface area (Å²) < 4.78 is 1.13. The van der Waals surface area contributed by atoms with Crippen LogP contribution in [0, 0.1) is 5.92 Å². The van der Waals surface area contributed by atoms with Crippen LogP contribution in [0.2, 0.25) is 0 Å². The van der Waals surface area contributed by atoms with Crippen LogP contribution >= 0.6 is 11.3 Å². The van der Waals surface area contributed by atoms with Gasteiger partial charge >= 0.3 is 5.97 Å². The normalized spacial score (nSPS) is 19.4.